The molecular weight excluding hydrogens is 482 g/mol. The van der Waals surface area contributed by atoms with Crippen LogP contribution in [0.25, 0.3) is 38.7 Å². The zero-order valence-corrected chi connectivity index (χ0v) is 20.4. The molecule has 0 aliphatic heterocycles. The van der Waals surface area contributed by atoms with E-state index in [4.69, 9.17) is 9.84 Å². The fourth-order valence-corrected chi connectivity index (χ4v) is 4.67. The third-order valence-electron chi connectivity index (χ3n) is 5.78. The predicted octanol–water partition coefficient (Wildman–Crippen LogP) is 6.20. The van der Waals surface area contributed by atoms with Gasteiger partial charge in [-0.25, -0.2) is 0 Å². The molecule has 0 saturated heterocycles. The number of fused-ring (bicyclic) bond motifs is 1. The quantitative estimate of drug-likeness (QED) is 0.280. The van der Waals surface area contributed by atoms with Crippen molar-refractivity contribution < 1.29 is 9.53 Å². The van der Waals surface area contributed by atoms with E-state index in [-0.39, 0.29) is 12.5 Å². The van der Waals surface area contributed by atoms with Gasteiger partial charge in [-0.3, -0.25) is 4.79 Å². The van der Waals surface area contributed by atoms with Crippen LogP contribution < -0.4 is 10.1 Å². The molecule has 0 saturated carbocycles. The first-order valence-corrected chi connectivity index (χ1v) is 12.6. The highest BCUT2D eigenvalue weighted by Crippen LogP contribution is 2.26. The Kier molecular flexibility index (Phi) is 6.14. The van der Waals surface area contributed by atoms with Gasteiger partial charge in [0, 0.05) is 11.3 Å². The van der Waals surface area contributed by atoms with E-state index in [9.17, 15) is 4.79 Å². The molecule has 0 spiro atoms. The molecule has 0 radical (unpaired) electrons. The molecule has 6 aromatic rings. The van der Waals surface area contributed by atoms with E-state index in [1.54, 1.807) is 15.9 Å². The van der Waals surface area contributed by atoms with Gasteiger partial charge in [-0.1, -0.05) is 60.7 Å². The molecule has 180 valence electrons. The number of rotatable bonds is 7. The Balaban J connectivity index is 1.13. The summed E-state index contributed by atoms with van der Waals surface area (Å²) in [5, 5.41) is 18.2. The first-order valence-electron chi connectivity index (χ1n) is 11.7. The van der Waals surface area contributed by atoms with Crippen LogP contribution in [0.3, 0.4) is 0 Å². The Morgan fingerprint density at radius 3 is 2.43 bits per heavy atom. The van der Waals surface area contributed by atoms with Crippen LogP contribution in [0.15, 0.2) is 109 Å². The Hall–Kier alpha value is -4.82. The van der Waals surface area contributed by atoms with Crippen LogP contribution in [-0.2, 0) is 4.79 Å². The minimum Gasteiger partial charge on any atom is -0.484 e. The molecule has 3 aromatic carbocycles. The molecule has 0 unspecified atom stereocenters. The van der Waals surface area contributed by atoms with E-state index < -0.39 is 0 Å². The monoisotopic (exact) mass is 503 g/mol. The number of nitrogens with zero attached hydrogens (tertiary/aromatic N) is 4. The van der Waals surface area contributed by atoms with Gasteiger partial charge in [0.1, 0.15) is 5.75 Å². The van der Waals surface area contributed by atoms with E-state index in [0.29, 0.717) is 22.9 Å². The van der Waals surface area contributed by atoms with Crippen LogP contribution in [0.2, 0.25) is 0 Å². The number of hydrogen-bond donors (Lipinski definition) is 1. The second-order valence-corrected chi connectivity index (χ2v) is 9.25. The minimum absolute atomic E-state index is 0.0933. The molecule has 0 fully saturated rings. The van der Waals surface area contributed by atoms with Crippen molar-refractivity contribution >= 4 is 28.6 Å². The van der Waals surface area contributed by atoms with Crippen LogP contribution in [0, 0.1) is 0 Å². The average Bonchev–Trinajstić information content (AvgIpc) is 3.63. The number of hydrogen-bond acceptors (Lipinski definition) is 6. The molecule has 0 atom stereocenters. The van der Waals surface area contributed by atoms with Crippen LogP contribution in [0.1, 0.15) is 0 Å². The summed E-state index contributed by atoms with van der Waals surface area (Å²) in [6, 6.07) is 33.1. The maximum atomic E-state index is 12.6. The topological polar surface area (TPSA) is 81.4 Å². The Bertz CT molecular complexity index is 1660. The number of carbonyl (C=O) groups is 1. The van der Waals surface area contributed by atoms with Crippen molar-refractivity contribution in [2.24, 2.45) is 0 Å². The van der Waals surface area contributed by atoms with Crippen molar-refractivity contribution in [3.05, 3.63) is 109 Å². The van der Waals surface area contributed by atoms with Crippen LogP contribution in [0.5, 0.6) is 5.75 Å². The second kappa shape index (κ2) is 10.0. The van der Waals surface area contributed by atoms with Crippen LogP contribution in [-0.4, -0.2) is 32.3 Å². The third-order valence-corrected chi connectivity index (χ3v) is 6.64. The largest absolute Gasteiger partial charge is 0.484 e. The zero-order chi connectivity index (χ0) is 25.0. The van der Waals surface area contributed by atoms with Gasteiger partial charge in [0.25, 0.3) is 5.91 Å². The third kappa shape index (κ3) is 4.96. The summed E-state index contributed by atoms with van der Waals surface area (Å²) in [7, 11) is 0. The average molecular weight is 504 g/mol. The van der Waals surface area contributed by atoms with Gasteiger partial charge in [-0.05, 0) is 59.0 Å². The molecule has 1 N–H and O–H groups in total. The van der Waals surface area contributed by atoms with E-state index in [1.165, 1.54) is 0 Å². The molecule has 0 bridgehead atoms. The lowest BCUT2D eigenvalue weighted by Crippen LogP contribution is -2.20. The molecule has 0 aliphatic rings. The number of aromatic nitrogens is 4. The lowest BCUT2D eigenvalue weighted by Gasteiger charge is -2.10. The van der Waals surface area contributed by atoms with Gasteiger partial charge < -0.3 is 10.1 Å². The van der Waals surface area contributed by atoms with Crippen molar-refractivity contribution in [2.45, 2.75) is 0 Å². The molecule has 3 aromatic heterocycles. The van der Waals surface area contributed by atoms with E-state index in [2.05, 4.69) is 27.6 Å². The summed E-state index contributed by atoms with van der Waals surface area (Å²) in [5.74, 6) is 1.09. The maximum Gasteiger partial charge on any atom is 0.262 e. The van der Waals surface area contributed by atoms with Gasteiger partial charge >= 0.3 is 0 Å². The second-order valence-electron chi connectivity index (χ2n) is 8.30. The summed E-state index contributed by atoms with van der Waals surface area (Å²) in [6.07, 6.45) is 0. The maximum absolute atomic E-state index is 12.6. The van der Waals surface area contributed by atoms with Gasteiger partial charge in [0.2, 0.25) is 0 Å². The molecular formula is C29H21N5O2S. The normalized spacial score (nSPS) is 10.9. The van der Waals surface area contributed by atoms with Crippen molar-refractivity contribution in [3.63, 3.8) is 0 Å². The fraction of sp³-hybridized carbons (Fsp3) is 0.0345. The van der Waals surface area contributed by atoms with Gasteiger partial charge in [0.15, 0.2) is 18.1 Å². The number of amides is 1. The number of benzene rings is 3. The van der Waals surface area contributed by atoms with Gasteiger partial charge in [-0.2, -0.15) is 9.61 Å². The van der Waals surface area contributed by atoms with Crippen molar-refractivity contribution in [3.8, 4) is 38.8 Å². The van der Waals surface area contributed by atoms with Gasteiger partial charge in [-0.15, -0.1) is 21.5 Å². The summed E-state index contributed by atoms with van der Waals surface area (Å²) in [6.45, 7) is -0.0933. The van der Waals surface area contributed by atoms with E-state index in [0.717, 1.165) is 27.3 Å². The van der Waals surface area contributed by atoms with Crippen molar-refractivity contribution in [1.29, 1.82) is 0 Å². The Labute approximate surface area is 217 Å². The molecule has 6 rings (SSSR count). The summed E-state index contributed by atoms with van der Waals surface area (Å²) in [5.41, 5.74) is 5.17. The predicted molar refractivity (Wildman–Crippen MR) is 146 cm³/mol. The molecule has 37 heavy (non-hydrogen) atoms. The highest BCUT2D eigenvalue weighted by molar-refractivity contribution is 7.13. The first-order chi connectivity index (χ1) is 18.2. The number of anilines is 1. The van der Waals surface area contributed by atoms with Crippen LogP contribution >= 0.6 is 11.3 Å². The highest BCUT2D eigenvalue weighted by atomic mass is 32.1. The number of thiophene rings is 1. The lowest BCUT2D eigenvalue weighted by molar-refractivity contribution is -0.118. The first kappa shape index (κ1) is 22.6. The molecule has 8 heteroatoms. The molecule has 0 aliphatic carbocycles. The molecule has 1 amide bonds. The smallest absolute Gasteiger partial charge is 0.262 e. The Morgan fingerprint density at radius 1 is 0.811 bits per heavy atom. The number of ether oxygens (including phenoxy) is 1. The summed E-state index contributed by atoms with van der Waals surface area (Å²) in [4.78, 5) is 13.6. The Morgan fingerprint density at radius 2 is 1.62 bits per heavy atom. The summed E-state index contributed by atoms with van der Waals surface area (Å²) >= 11 is 1.59. The van der Waals surface area contributed by atoms with Crippen molar-refractivity contribution in [2.75, 3.05) is 11.9 Å². The van der Waals surface area contributed by atoms with Crippen LogP contribution in [0.4, 0.5) is 5.69 Å². The molecule has 3 heterocycles. The number of nitrogens with one attached hydrogen (secondary N) is 1. The zero-order valence-electron chi connectivity index (χ0n) is 19.6. The van der Waals surface area contributed by atoms with Gasteiger partial charge in [0.05, 0.1) is 10.6 Å². The SMILES string of the molecule is O=C(COc1ccc(-c2ccccc2)cc1)Nc1cccc(-c2ccc3nnc(-c4cccs4)n3n2)c1. The lowest BCUT2D eigenvalue weighted by atomic mass is 10.1. The van der Waals surface area contributed by atoms with E-state index in [1.807, 2.05) is 96.4 Å². The van der Waals surface area contributed by atoms with Crippen molar-refractivity contribution in [1.82, 2.24) is 19.8 Å². The summed E-state index contributed by atoms with van der Waals surface area (Å²) < 4.78 is 7.43. The van der Waals surface area contributed by atoms with E-state index >= 15 is 0 Å². The fourth-order valence-electron chi connectivity index (χ4n) is 3.98. The minimum atomic E-state index is -0.244. The standard InChI is InChI=1S/C29H21N5O2S/c35-28(19-36-24-13-11-21(12-14-24)20-6-2-1-3-7-20)30-23-9-4-8-22(18-23)25-15-16-27-31-32-29(34(27)33-25)26-10-5-17-37-26/h1-18H,19H2,(H,30,35). The number of carbonyl (C=O) groups excluding carboxylic acids is 1. The molecule has 7 nitrogen and oxygen atoms in total. The highest BCUT2D eigenvalue weighted by Gasteiger charge is 2.12.